The Labute approximate surface area is 141 Å². The van der Waals surface area contributed by atoms with Crippen LogP contribution in [0.2, 0.25) is 0 Å². The number of rotatable bonds is 4. The van der Waals surface area contributed by atoms with Gasteiger partial charge in [-0.2, -0.15) is 4.98 Å². The summed E-state index contributed by atoms with van der Waals surface area (Å²) in [6, 6.07) is 6.10. The molecule has 128 valence electrons. The quantitative estimate of drug-likeness (QED) is 0.661. The molecule has 0 saturated carbocycles. The molecule has 1 aromatic heterocycles. The van der Waals surface area contributed by atoms with Gasteiger partial charge in [-0.3, -0.25) is 4.99 Å². The molecule has 0 radical (unpaired) electrons. The third kappa shape index (κ3) is 3.91. The maximum Gasteiger partial charge on any atom is 0.255 e. The average Bonchev–Trinajstić information content (AvgIpc) is 3.18. The monoisotopic (exact) mass is 329 g/mol. The zero-order chi connectivity index (χ0) is 17.1. The van der Waals surface area contributed by atoms with Gasteiger partial charge < -0.3 is 20.3 Å². The van der Waals surface area contributed by atoms with Crippen LogP contribution in [0.3, 0.4) is 0 Å². The van der Waals surface area contributed by atoms with Crippen LogP contribution in [0.25, 0.3) is 0 Å². The van der Waals surface area contributed by atoms with E-state index in [1.165, 1.54) is 11.1 Å². The van der Waals surface area contributed by atoms with E-state index in [0.29, 0.717) is 24.2 Å². The molecule has 0 aliphatic carbocycles. The summed E-state index contributed by atoms with van der Waals surface area (Å²) in [5.41, 5.74) is 9.36. The minimum atomic E-state index is -0.139. The molecule has 1 aromatic carbocycles. The van der Waals surface area contributed by atoms with E-state index < -0.39 is 0 Å². The van der Waals surface area contributed by atoms with E-state index in [2.05, 4.69) is 46.4 Å². The first-order valence-corrected chi connectivity index (χ1v) is 8.11. The number of guanidine groups is 1. The van der Waals surface area contributed by atoms with Crippen LogP contribution in [0, 0.1) is 20.8 Å². The number of nitrogens with zero attached hydrogens (tertiary/aromatic N) is 3. The van der Waals surface area contributed by atoms with Gasteiger partial charge in [-0.15, -0.1) is 0 Å². The Bertz CT molecular complexity index is 740. The Balaban J connectivity index is 1.53. The topological polar surface area (TPSA) is 98.6 Å². The Kier molecular flexibility index (Phi) is 4.80. The molecule has 7 heteroatoms. The Hall–Kier alpha value is -2.41. The Morgan fingerprint density at radius 1 is 1.29 bits per heavy atom. The molecule has 2 heterocycles. The first-order valence-electron chi connectivity index (χ1n) is 8.11. The summed E-state index contributed by atoms with van der Waals surface area (Å²) in [6.45, 7) is 6.45. The normalized spacial score (nSPS) is 21.2. The van der Waals surface area contributed by atoms with Crippen molar-refractivity contribution in [2.24, 2.45) is 10.7 Å². The number of aromatic nitrogens is 2. The molecule has 7 nitrogen and oxygen atoms in total. The number of aliphatic imine (C=N–C) groups is 1. The van der Waals surface area contributed by atoms with Crippen molar-refractivity contribution in [1.82, 2.24) is 10.1 Å². The van der Waals surface area contributed by atoms with Gasteiger partial charge in [0.05, 0.1) is 12.6 Å². The molecular weight excluding hydrogens is 306 g/mol. The van der Waals surface area contributed by atoms with Gasteiger partial charge in [0.1, 0.15) is 6.10 Å². The number of nitrogens with one attached hydrogen (secondary N) is 1. The van der Waals surface area contributed by atoms with Gasteiger partial charge in [0.2, 0.25) is 0 Å². The van der Waals surface area contributed by atoms with E-state index >= 15 is 0 Å². The van der Waals surface area contributed by atoms with Gasteiger partial charge in [-0.25, -0.2) is 0 Å². The standard InChI is InChI=1S/C17H23N5O2/c1-10-4-5-13(8-11(10)2)21-17(18)19-9-14-6-7-15(23-14)16-20-12(3)22-24-16/h4-5,8,14-15H,6-7,9H2,1-3H3,(H3,18,19,21)/t14-,15+/m1/s1. The number of anilines is 1. The van der Waals surface area contributed by atoms with E-state index in [4.69, 9.17) is 15.0 Å². The van der Waals surface area contributed by atoms with Gasteiger partial charge in [0.25, 0.3) is 5.89 Å². The minimum Gasteiger partial charge on any atom is -0.370 e. The van der Waals surface area contributed by atoms with Gasteiger partial charge in [0, 0.05) is 5.69 Å². The van der Waals surface area contributed by atoms with Crippen LogP contribution in [0.5, 0.6) is 0 Å². The SMILES string of the molecule is Cc1noc([C@@H]2CC[C@H](CN=C(N)Nc3ccc(C)c(C)c3)O2)n1. The molecule has 1 aliphatic heterocycles. The molecule has 24 heavy (non-hydrogen) atoms. The van der Waals surface area contributed by atoms with Gasteiger partial charge in [-0.1, -0.05) is 11.2 Å². The molecule has 1 aliphatic rings. The van der Waals surface area contributed by atoms with Crippen molar-refractivity contribution >= 4 is 11.6 Å². The van der Waals surface area contributed by atoms with E-state index in [-0.39, 0.29) is 12.2 Å². The van der Waals surface area contributed by atoms with E-state index in [9.17, 15) is 0 Å². The maximum atomic E-state index is 5.96. The summed E-state index contributed by atoms with van der Waals surface area (Å²) in [7, 11) is 0. The highest BCUT2D eigenvalue weighted by Crippen LogP contribution is 2.31. The summed E-state index contributed by atoms with van der Waals surface area (Å²) < 4.78 is 11.1. The van der Waals surface area contributed by atoms with E-state index in [1.807, 2.05) is 6.07 Å². The zero-order valence-corrected chi connectivity index (χ0v) is 14.2. The van der Waals surface area contributed by atoms with Crippen LogP contribution in [0.4, 0.5) is 5.69 Å². The van der Waals surface area contributed by atoms with Crippen molar-refractivity contribution in [3.05, 3.63) is 41.0 Å². The van der Waals surface area contributed by atoms with Crippen molar-refractivity contribution in [3.63, 3.8) is 0 Å². The second kappa shape index (κ2) is 7.00. The molecule has 0 spiro atoms. The largest absolute Gasteiger partial charge is 0.370 e. The smallest absolute Gasteiger partial charge is 0.255 e. The number of nitrogens with two attached hydrogens (primary N) is 1. The van der Waals surface area contributed by atoms with Crippen molar-refractivity contribution in [1.29, 1.82) is 0 Å². The molecule has 2 aromatic rings. The lowest BCUT2D eigenvalue weighted by Gasteiger charge is -2.11. The fourth-order valence-electron chi connectivity index (χ4n) is 2.67. The number of benzene rings is 1. The van der Waals surface area contributed by atoms with Crippen molar-refractivity contribution < 1.29 is 9.26 Å². The highest BCUT2D eigenvalue weighted by atomic mass is 16.5. The second-order valence-corrected chi connectivity index (χ2v) is 6.15. The molecule has 0 bridgehead atoms. The summed E-state index contributed by atoms with van der Waals surface area (Å²) >= 11 is 0. The lowest BCUT2D eigenvalue weighted by molar-refractivity contribution is 0.0309. The zero-order valence-electron chi connectivity index (χ0n) is 14.2. The third-order valence-electron chi connectivity index (χ3n) is 4.17. The molecule has 2 atom stereocenters. The summed E-state index contributed by atoms with van der Waals surface area (Å²) in [5, 5.41) is 6.91. The predicted molar refractivity (Wildman–Crippen MR) is 91.9 cm³/mol. The van der Waals surface area contributed by atoms with Gasteiger partial charge >= 0.3 is 0 Å². The van der Waals surface area contributed by atoms with Crippen LogP contribution < -0.4 is 11.1 Å². The fourth-order valence-corrected chi connectivity index (χ4v) is 2.67. The van der Waals surface area contributed by atoms with Crippen molar-refractivity contribution in [2.75, 3.05) is 11.9 Å². The average molecular weight is 329 g/mol. The van der Waals surface area contributed by atoms with E-state index in [1.54, 1.807) is 6.92 Å². The number of aryl methyl sites for hydroxylation is 3. The summed E-state index contributed by atoms with van der Waals surface area (Å²) in [5.74, 6) is 1.55. The first-order chi connectivity index (χ1) is 11.5. The minimum absolute atomic E-state index is 0.0160. The van der Waals surface area contributed by atoms with Crippen LogP contribution in [-0.4, -0.2) is 28.7 Å². The lowest BCUT2D eigenvalue weighted by atomic mass is 10.1. The molecule has 3 rings (SSSR count). The Morgan fingerprint density at radius 3 is 2.83 bits per heavy atom. The lowest BCUT2D eigenvalue weighted by Crippen LogP contribution is -2.24. The number of hydrogen-bond donors (Lipinski definition) is 2. The molecule has 0 amide bonds. The van der Waals surface area contributed by atoms with Crippen LogP contribution >= 0.6 is 0 Å². The number of hydrogen-bond acceptors (Lipinski definition) is 5. The fraction of sp³-hybridized carbons (Fsp3) is 0.471. The van der Waals surface area contributed by atoms with E-state index in [0.717, 1.165) is 18.5 Å². The van der Waals surface area contributed by atoms with Crippen LogP contribution in [0.15, 0.2) is 27.7 Å². The highest BCUT2D eigenvalue weighted by Gasteiger charge is 2.30. The second-order valence-electron chi connectivity index (χ2n) is 6.15. The van der Waals surface area contributed by atoms with Crippen molar-refractivity contribution in [2.45, 2.75) is 45.8 Å². The van der Waals surface area contributed by atoms with Crippen LogP contribution in [0.1, 0.15) is 41.8 Å². The highest BCUT2D eigenvalue weighted by molar-refractivity contribution is 5.92. The molecule has 3 N–H and O–H groups in total. The van der Waals surface area contributed by atoms with Crippen LogP contribution in [-0.2, 0) is 4.74 Å². The number of ether oxygens (including phenoxy) is 1. The molecular formula is C17H23N5O2. The Morgan fingerprint density at radius 2 is 2.12 bits per heavy atom. The molecule has 1 fully saturated rings. The predicted octanol–water partition coefficient (Wildman–Crippen LogP) is 2.64. The maximum absolute atomic E-state index is 5.96. The molecule has 0 unspecified atom stereocenters. The van der Waals surface area contributed by atoms with Gasteiger partial charge in [-0.05, 0) is 56.9 Å². The first kappa shape index (κ1) is 16.4. The molecule has 1 saturated heterocycles. The van der Waals surface area contributed by atoms with Gasteiger partial charge in [0.15, 0.2) is 11.8 Å². The van der Waals surface area contributed by atoms with Crippen molar-refractivity contribution in [3.8, 4) is 0 Å². The third-order valence-corrected chi connectivity index (χ3v) is 4.17. The summed E-state index contributed by atoms with van der Waals surface area (Å²) in [4.78, 5) is 8.60. The summed E-state index contributed by atoms with van der Waals surface area (Å²) in [6.07, 6.45) is 1.63.